The number of unbranched alkanes of at least 4 members (excludes halogenated alkanes) is 3. The monoisotopic (exact) mass is 312 g/mol. The highest BCUT2D eigenvalue weighted by Gasteiger charge is 2.29. The summed E-state index contributed by atoms with van der Waals surface area (Å²) in [5.41, 5.74) is 0. The number of carbonyl (C=O) groups is 1. The van der Waals surface area contributed by atoms with Crippen molar-refractivity contribution in [3.05, 3.63) is 30.5 Å². The van der Waals surface area contributed by atoms with Crippen molar-refractivity contribution >= 4 is 22.5 Å². The molecule has 0 saturated heterocycles. The molecule has 0 unspecified atom stereocenters. The summed E-state index contributed by atoms with van der Waals surface area (Å²) in [6.45, 7) is 2.97. The molecular formula is C19H24N2O2. The van der Waals surface area contributed by atoms with Crippen molar-refractivity contribution < 1.29 is 9.53 Å². The van der Waals surface area contributed by atoms with Crippen LogP contribution in [0.4, 0.5) is 5.82 Å². The first-order valence-electron chi connectivity index (χ1n) is 8.60. The second-order valence-corrected chi connectivity index (χ2v) is 6.25. The number of carbonyl (C=O) groups excluding carboxylic acids is 1. The molecule has 1 fully saturated rings. The Labute approximate surface area is 137 Å². The van der Waals surface area contributed by atoms with Gasteiger partial charge in [-0.25, -0.2) is 4.98 Å². The highest BCUT2D eigenvalue weighted by molar-refractivity contribution is 5.95. The van der Waals surface area contributed by atoms with Crippen molar-refractivity contribution in [1.29, 1.82) is 0 Å². The van der Waals surface area contributed by atoms with E-state index in [9.17, 15) is 4.79 Å². The maximum absolute atomic E-state index is 11.8. The molecule has 0 bridgehead atoms. The SMILES string of the molecule is CCCCCCOc1ccc2cc(NC(=O)C3CC3)ncc2c1. The van der Waals surface area contributed by atoms with Crippen molar-refractivity contribution in [3.63, 3.8) is 0 Å². The summed E-state index contributed by atoms with van der Waals surface area (Å²) in [7, 11) is 0. The lowest BCUT2D eigenvalue weighted by atomic mass is 10.1. The molecule has 122 valence electrons. The maximum atomic E-state index is 11.8. The highest BCUT2D eigenvalue weighted by Crippen LogP contribution is 2.30. The molecule has 1 amide bonds. The van der Waals surface area contributed by atoms with Gasteiger partial charge >= 0.3 is 0 Å². The molecule has 3 rings (SSSR count). The third-order valence-electron chi connectivity index (χ3n) is 4.16. The van der Waals surface area contributed by atoms with Gasteiger partial charge in [-0.15, -0.1) is 0 Å². The quantitative estimate of drug-likeness (QED) is 0.728. The number of nitrogens with one attached hydrogen (secondary N) is 1. The number of rotatable bonds is 8. The van der Waals surface area contributed by atoms with Gasteiger partial charge in [0.15, 0.2) is 0 Å². The van der Waals surface area contributed by atoms with Crippen LogP contribution < -0.4 is 10.1 Å². The molecule has 0 aliphatic heterocycles. The molecular weight excluding hydrogens is 288 g/mol. The van der Waals surface area contributed by atoms with E-state index in [4.69, 9.17) is 4.74 Å². The van der Waals surface area contributed by atoms with E-state index in [-0.39, 0.29) is 11.8 Å². The molecule has 4 nitrogen and oxygen atoms in total. The van der Waals surface area contributed by atoms with E-state index >= 15 is 0 Å². The van der Waals surface area contributed by atoms with Gasteiger partial charge in [0.25, 0.3) is 0 Å². The van der Waals surface area contributed by atoms with Crippen LogP contribution in [0.1, 0.15) is 45.4 Å². The minimum absolute atomic E-state index is 0.0869. The lowest BCUT2D eigenvalue weighted by molar-refractivity contribution is -0.117. The molecule has 2 aromatic rings. The fourth-order valence-electron chi connectivity index (χ4n) is 2.57. The lowest BCUT2D eigenvalue weighted by Crippen LogP contribution is -2.14. The Morgan fingerprint density at radius 1 is 1.22 bits per heavy atom. The number of fused-ring (bicyclic) bond motifs is 1. The van der Waals surface area contributed by atoms with Gasteiger partial charge in [0.2, 0.25) is 5.91 Å². The van der Waals surface area contributed by atoms with Gasteiger partial charge in [-0.1, -0.05) is 32.3 Å². The van der Waals surface area contributed by atoms with Crippen LogP contribution in [0.2, 0.25) is 0 Å². The Balaban J connectivity index is 1.60. The third kappa shape index (κ3) is 4.44. The van der Waals surface area contributed by atoms with Crippen molar-refractivity contribution in [2.24, 2.45) is 5.92 Å². The molecule has 4 heteroatoms. The fourth-order valence-corrected chi connectivity index (χ4v) is 2.57. The highest BCUT2D eigenvalue weighted by atomic mass is 16.5. The van der Waals surface area contributed by atoms with E-state index in [2.05, 4.69) is 17.2 Å². The molecule has 1 aliphatic carbocycles. The van der Waals surface area contributed by atoms with Crippen LogP contribution >= 0.6 is 0 Å². The molecule has 1 aliphatic rings. The number of benzene rings is 1. The van der Waals surface area contributed by atoms with Crippen LogP contribution in [0.15, 0.2) is 30.5 Å². The first-order valence-corrected chi connectivity index (χ1v) is 8.60. The number of amides is 1. The molecule has 23 heavy (non-hydrogen) atoms. The zero-order chi connectivity index (χ0) is 16.1. The Morgan fingerprint density at radius 3 is 2.87 bits per heavy atom. The first kappa shape index (κ1) is 15.8. The summed E-state index contributed by atoms with van der Waals surface area (Å²) in [4.78, 5) is 16.1. The summed E-state index contributed by atoms with van der Waals surface area (Å²) in [5, 5.41) is 4.97. The molecule has 0 atom stereocenters. The van der Waals surface area contributed by atoms with E-state index in [1.165, 1.54) is 19.3 Å². The van der Waals surface area contributed by atoms with Crippen LogP contribution in [0.5, 0.6) is 5.75 Å². The molecule has 1 N–H and O–H groups in total. The van der Waals surface area contributed by atoms with Gasteiger partial charge in [-0.2, -0.15) is 0 Å². The third-order valence-corrected chi connectivity index (χ3v) is 4.16. The summed E-state index contributed by atoms with van der Waals surface area (Å²) in [5.74, 6) is 1.79. The molecule has 1 aromatic carbocycles. The molecule has 1 saturated carbocycles. The van der Waals surface area contributed by atoms with E-state index in [0.717, 1.165) is 42.4 Å². The normalized spacial score (nSPS) is 14.0. The summed E-state index contributed by atoms with van der Waals surface area (Å²) < 4.78 is 5.80. The number of anilines is 1. The molecule has 0 spiro atoms. The molecule has 1 aromatic heterocycles. The van der Waals surface area contributed by atoms with E-state index < -0.39 is 0 Å². The first-order chi connectivity index (χ1) is 11.3. The number of hydrogen-bond donors (Lipinski definition) is 1. The second-order valence-electron chi connectivity index (χ2n) is 6.25. The second kappa shape index (κ2) is 7.44. The van der Waals surface area contributed by atoms with E-state index in [0.29, 0.717) is 5.82 Å². The lowest BCUT2D eigenvalue weighted by Gasteiger charge is -2.08. The van der Waals surface area contributed by atoms with Gasteiger partial charge in [0.05, 0.1) is 6.61 Å². The average molecular weight is 312 g/mol. The van der Waals surface area contributed by atoms with Crippen molar-refractivity contribution in [2.45, 2.75) is 45.4 Å². The largest absolute Gasteiger partial charge is 0.494 e. The summed E-state index contributed by atoms with van der Waals surface area (Å²) in [6.07, 6.45) is 8.60. The Kier molecular flexibility index (Phi) is 5.11. The number of aromatic nitrogens is 1. The Morgan fingerprint density at radius 2 is 2.09 bits per heavy atom. The van der Waals surface area contributed by atoms with Crippen LogP contribution in [0.25, 0.3) is 10.8 Å². The van der Waals surface area contributed by atoms with E-state index in [1.807, 2.05) is 24.3 Å². The van der Waals surface area contributed by atoms with E-state index in [1.54, 1.807) is 6.20 Å². The fraction of sp³-hybridized carbons (Fsp3) is 0.474. The average Bonchev–Trinajstić information content (AvgIpc) is 3.39. The smallest absolute Gasteiger partial charge is 0.228 e. The topological polar surface area (TPSA) is 51.2 Å². The minimum atomic E-state index is 0.0869. The Hall–Kier alpha value is -2.10. The van der Waals surface area contributed by atoms with Crippen molar-refractivity contribution in [2.75, 3.05) is 11.9 Å². The van der Waals surface area contributed by atoms with Gasteiger partial charge in [-0.05, 0) is 42.8 Å². The minimum Gasteiger partial charge on any atom is -0.494 e. The van der Waals surface area contributed by atoms with Gasteiger partial charge in [0, 0.05) is 17.5 Å². The van der Waals surface area contributed by atoms with Crippen molar-refractivity contribution in [1.82, 2.24) is 4.98 Å². The predicted molar refractivity (Wildman–Crippen MR) is 92.7 cm³/mol. The number of ether oxygens (including phenoxy) is 1. The van der Waals surface area contributed by atoms with Crippen LogP contribution in [0.3, 0.4) is 0 Å². The summed E-state index contributed by atoms with van der Waals surface area (Å²) in [6, 6.07) is 7.93. The standard InChI is InChI=1S/C19H24N2O2/c1-2-3-4-5-10-23-17-9-8-15-12-18(20-13-16(15)11-17)21-19(22)14-6-7-14/h8-9,11-14H,2-7,10H2,1H3,(H,20,21,22). The van der Waals surface area contributed by atoms with Crippen molar-refractivity contribution in [3.8, 4) is 5.75 Å². The van der Waals surface area contributed by atoms with Gasteiger partial charge in [0.1, 0.15) is 11.6 Å². The zero-order valence-electron chi connectivity index (χ0n) is 13.7. The van der Waals surface area contributed by atoms with Crippen LogP contribution in [0, 0.1) is 5.92 Å². The predicted octanol–water partition coefficient (Wildman–Crippen LogP) is 4.54. The summed E-state index contributed by atoms with van der Waals surface area (Å²) >= 11 is 0. The Bertz CT molecular complexity index is 680. The zero-order valence-corrected chi connectivity index (χ0v) is 13.7. The van der Waals surface area contributed by atoms with Crippen LogP contribution in [-0.4, -0.2) is 17.5 Å². The van der Waals surface area contributed by atoms with Crippen LogP contribution in [-0.2, 0) is 4.79 Å². The van der Waals surface area contributed by atoms with Gasteiger partial charge < -0.3 is 10.1 Å². The molecule has 0 radical (unpaired) electrons. The molecule has 1 heterocycles. The number of hydrogen-bond acceptors (Lipinski definition) is 3. The number of nitrogens with zero attached hydrogens (tertiary/aromatic N) is 1. The number of pyridine rings is 1. The van der Waals surface area contributed by atoms with Gasteiger partial charge in [-0.3, -0.25) is 4.79 Å². The maximum Gasteiger partial charge on any atom is 0.228 e.